The molecular formula is C22H19BrN2O6S. The number of hydrogen-bond acceptors (Lipinski definition) is 5. The SMILES string of the molecule is COc1ccc(N(C)S(=O)(=O)c2ccc(C(=O)Nc3ccc(Br)cc3C(=O)O)cc2)cc1. The number of amides is 1. The number of nitrogens with zero attached hydrogens (tertiary/aromatic N) is 1. The summed E-state index contributed by atoms with van der Waals surface area (Å²) in [5, 5.41) is 11.9. The lowest BCUT2D eigenvalue weighted by molar-refractivity contribution is 0.0698. The maximum atomic E-state index is 12.9. The van der Waals surface area contributed by atoms with E-state index in [9.17, 15) is 23.1 Å². The Morgan fingerprint density at radius 3 is 2.19 bits per heavy atom. The molecule has 0 radical (unpaired) electrons. The second kappa shape index (κ2) is 9.41. The first-order valence-corrected chi connectivity index (χ1v) is 11.4. The number of carbonyl (C=O) groups is 2. The Labute approximate surface area is 193 Å². The average Bonchev–Trinajstić information content (AvgIpc) is 2.79. The fourth-order valence-corrected chi connectivity index (χ4v) is 4.42. The molecule has 32 heavy (non-hydrogen) atoms. The van der Waals surface area contributed by atoms with E-state index in [0.717, 1.165) is 4.31 Å². The normalized spacial score (nSPS) is 11.0. The van der Waals surface area contributed by atoms with Gasteiger partial charge in [-0.2, -0.15) is 0 Å². The summed E-state index contributed by atoms with van der Waals surface area (Å²) in [4.78, 5) is 24.0. The minimum Gasteiger partial charge on any atom is -0.497 e. The molecule has 0 saturated carbocycles. The van der Waals surface area contributed by atoms with Crippen molar-refractivity contribution in [3.8, 4) is 5.75 Å². The van der Waals surface area contributed by atoms with Gasteiger partial charge in [0.05, 0.1) is 28.9 Å². The topological polar surface area (TPSA) is 113 Å². The van der Waals surface area contributed by atoms with Gasteiger partial charge < -0.3 is 15.2 Å². The molecule has 166 valence electrons. The molecule has 3 aromatic carbocycles. The van der Waals surface area contributed by atoms with Gasteiger partial charge in [0.2, 0.25) is 0 Å². The molecule has 8 nitrogen and oxygen atoms in total. The lowest BCUT2D eigenvalue weighted by atomic mass is 10.1. The minimum absolute atomic E-state index is 0.00207. The highest BCUT2D eigenvalue weighted by molar-refractivity contribution is 9.10. The number of ether oxygens (including phenoxy) is 1. The third-order valence-corrected chi connectivity index (χ3v) is 6.96. The number of sulfonamides is 1. The predicted molar refractivity (Wildman–Crippen MR) is 124 cm³/mol. The molecule has 3 aromatic rings. The first-order chi connectivity index (χ1) is 15.1. The van der Waals surface area contributed by atoms with Crippen LogP contribution in [0.5, 0.6) is 5.75 Å². The highest BCUT2D eigenvalue weighted by Gasteiger charge is 2.22. The summed E-state index contributed by atoms with van der Waals surface area (Å²) in [5.41, 5.74) is 0.675. The largest absolute Gasteiger partial charge is 0.497 e. The van der Waals surface area contributed by atoms with Gasteiger partial charge in [0.25, 0.3) is 15.9 Å². The van der Waals surface area contributed by atoms with Gasteiger partial charge in [-0.3, -0.25) is 9.10 Å². The maximum Gasteiger partial charge on any atom is 0.337 e. The van der Waals surface area contributed by atoms with Gasteiger partial charge in [-0.25, -0.2) is 13.2 Å². The third kappa shape index (κ3) is 4.92. The number of rotatable bonds is 7. The summed E-state index contributed by atoms with van der Waals surface area (Å²) in [5.74, 6) is -1.15. The van der Waals surface area contributed by atoms with Gasteiger partial charge >= 0.3 is 5.97 Å². The van der Waals surface area contributed by atoms with Gasteiger partial charge in [0.1, 0.15) is 5.75 Å². The smallest absolute Gasteiger partial charge is 0.337 e. The lowest BCUT2D eigenvalue weighted by Gasteiger charge is -2.20. The van der Waals surface area contributed by atoms with Crippen LogP contribution in [0.15, 0.2) is 76.1 Å². The van der Waals surface area contributed by atoms with Crippen molar-refractivity contribution in [2.45, 2.75) is 4.90 Å². The zero-order valence-corrected chi connectivity index (χ0v) is 19.5. The molecule has 0 unspecified atom stereocenters. The number of carbonyl (C=O) groups excluding carboxylic acids is 1. The number of carboxylic acid groups (broad SMARTS) is 1. The summed E-state index contributed by atoms with van der Waals surface area (Å²) in [6.45, 7) is 0. The van der Waals surface area contributed by atoms with Crippen LogP contribution >= 0.6 is 15.9 Å². The van der Waals surface area contributed by atoms with Gasteiger partial charge in [0, 0.05) is 17.1 Å². The van der Waals surface area contributed by atoms with Crippen molar-refractivity contribution in [2.24, 2.45) is 0 Å². The van der Waals surface area contributed by atoms with Crippen LogP contribution in [0, 0.1) is 0 Å². The molecule has 0 atom stereocenters. The molecule has 0 aliphatic rings. The van der Waals surface area contributed by atoms with Crippen molar-refractivity contribution in [3.05, 3.63) is 82.3 Å². The van der Waals surface area contributed by atoms with E-state index in [-0.39, 0.29) is 21.7 Å². The fraction of sp³-hybridized carbons (Fsp3) is 0.0909. The number of aromatic carboxylic acids is 1. The Balaban J connectivity index is 1.81. The quantitative estimate of drug-likeness (QED) is 0.483. The monoisotopic (exact) mass is 518 g/mol. The zero-order valence-electron chi connectivity index (χ0n) is 17.1. The van der Waals surface area contributed by atoms with E-state index in [4.69, 9.17) is 4.74 Å². The number of benzene rings is 3. The summed E-state index contributed by atoms with van der Waals surface area (Å²) < 4.78 is 32.6. The second-order valence-corrected chi connectivity index (χ2v) is 9.53. The Kier molecular flexibility index (Phi) is 6.85. The van der Waals surface area contributed by atoms with Crippen molar-refractivity contribution >= 4 is 49.2 Å². The van der Waals surface area contributed by atoms with E-state index in [2.05, 4.69) is 21.2 Å². The molecular weight excluding hydrogens is 500 g/mol. The molecule has 3 rings (SSSR count). The average molecular weight is 519 g/mol. The van der Waals surface area contributed by atoms with Crippen LogP contribution in [0.25, 0.3) is 0 Å². The van der Waals surface area contributed by atoms with Crippen LogP contribution in [-0.2, 0) is 10.0 Å². The first kappa shape index (κ1) is 23.3. The molecule has 0 spiro atoms. The fourth-order valence-electron chi connectivity index (χ4n) is 2.86. The van der Waals surface area contributed by atoms with Crippen LogP contribution < -0.4 is 14.4 Å². The van der Waals surface area contributed by atoms with E-state index >= 15 is 0 Å². The summed E-state index contributed by atoms with van der Waals surface area (Å²) in [7, 11) is -0.908. The highest BCUT2D eigenvalue weighted by Crippen LogP contribution is 2.25. The highest BCUT2D eigenvalue weighted by atomic mass is 79.9. The van der Waals surface area contributed by atoms with Gasteiger partial charge in [-0.15, -0.1) is 0 Å². The number of methoxy groups -OCH3 is 1. The molecule has 0 bridgehead atoms. The molecule has 0 aliphatic heterocycles. The van der Waals surface area contributed by atoms with Crippen molar-refractivity contribution in [1.29, 1.82) is 0 Å². The molecule has 0 aromatic heterocycles. The van der Waals surface area contributed by atoms with Crippen molar-refractivity contribution in [1.82, 2.24) is 0 Å². The van der Waals surface area contributed by atoms with Crippen LogP contribution in [0.4, 0.5) is 11.4 Å². The van der Waals surface area contributed by atoms with Gasteiger partial charge in [-0.1, -0.05) is 15.9 Å². The number of halogens is 1. The minimum atomic E-state index is -3.86. The molecule has 1 amide bonds. The Hall–Kier alpha value is -3.37. The Morgan fingerprint density at radius 2 is 1.62 bits per heavy atom. The van der Waals surface area contributed by atoms with Gasteiger partial charge in [0.15, 0.2) is 0 Å². The molecule has 0 aliphatic carbocycles. The molecule has 0 saturated heterocycles. The molecule has 10 heteroatoms. The van der Waals surface area contributed by atoms with Crippen molar-refractivity contribution in [3.63, 3.8) is 0 Å². The molecule has 0 fully saturated rings. The standard InChI is InChI=1S/C22H19BrN2O6S/c1-25(16-6-8-17(31-2)9-7-16)32(29,30)18-10-3-14(4-11-18)21(26)24-20-12-5-15(23)13-19(20)22(27)28/h3-13H,1-2H3,(H,24,26)(H,27,28). The number of nitrogens with one attached hydrogen (secondary N) is 1. The van der Waals surface area contributed by atoms with E-state index in [0.29, 0.717) is 15.9 Å². The van der Waals surface area contributed by atoms with Crippen molar-refractivity contribution < 1.29 is 27.9 Å². The van der Waals surface area contributed by atoms with E-state index in [1.54, 1.807) is 30.3 Å². The maximum absolute atomic E-state index is 12.9. The van der Waals surface area contributed by atoms with E-state index in [1.165, 1.54) is 50.6 Å². The van der Waals surface area contributed by atoms with E-state index in [1.807, 2.05) is 0 Å². The van der Waals surface area contributed by atoms with Crippen LogP contribution in [0.1, 0.15) is 20.7 Å². The summed E-state index contributed by atoms with van der Waals surface area (Å²) >= 11 is 3.19. The zero-order chi connectivity index (χ0) is 23.5. The predicted octanol–water partition coefficient (Wildman–Crippen LogP) is 4.23. The Bertz CT molecular complexity index is 1260. The molecule has 0 heterocycles. The summed E-state index contributed by atoms with van der Waals surface area (Å²) in [6, 6.07) is 16.4. The first-order valence-electron chi connectivity index (χ1n) is 9.20. The van der Waals surface area contributed by atoms with E-state index < -0.39 is 21.9 Å². The lowest BCUT2D eigenvalue weighted by Crippen LogP contribution is -2.26. The third-order valence-electron chi connectivity index (χ3n) is 4.67. The van der Waals surface area contributed by atoms with Crippen LogP contribution in [0.2, 0.25) is 0 Å². The Morgan fingerprint density at radius 1 is 1.00 bits per heavy atom. The van der Waals surface area contributed by atoms with Crippen LogP contribution in [0.3, 0.4) is 0 Å². The number of carboxylic acids is 1. The second-order valence-electron chi connectivity index (χ2n) is 6.64. The number of anilines is 2. The van der Waals surface area contributed by atoms with Crippen molar-refractivity contribution in [2.75, 3.05) is 23.8 Å². The molecule has 2 N–H and O–H groups in total. The summed E-state index contributed by atoms with van der Waals surface area (Å²) in [6.07, 6.45) is 0. The van der Waals surface area contributed by atoms with Crippen LogP contribution in [-0.4, -0.2) is 39.6 Å². The van der Waals surface area contributed by atoms with Gasteiger partial charge in [-0.05, 0) is 66.7 Å². The number of hydrogen-bond donors (Lipinski definition) is 2.